The van der Waals surface area contributed by atoms with Crippen molar-refractivity contribution in [3.05, 3.63) is 43.2 Å². The Bertz CT molecular complexity index is 947. The number of rotatable bonds is 10. The molecule has 1 amide bonds. The molecule has 0 aromatic carbocycles. The van der Waals surface area contributed by atoms with Crippen LogP contribution in [0.5, 0.6) is 0 Å². The van der Waals surface area contributed by atoms with E-state index < -0.39 is 11.2 Å². The molecule has 0 aliphatic heterocycles. The van der Waals surface area contributed by atoms with Gasteiger partial charge >= 0.3 is 5.69 Å². The first-order valence-electron chi connectivity index (χ1n) is 10.3. The molecule has 2 aromatic heterocycles. The second-order valence-corrected chi connectivity index (χ2v) is 9.31. The topological polar surface area (TPSA) is 104 Å². The third kappa shape index (κ3) is 6.06. The molecule has 0 unspecified atom stereocenters. The summed E-state index contributed by atoms with van der Waals surface area (Å²) in [6.45, 7) is 12.1. The van der Waals surface area contributed by atoms with Gasteiger partial charge in [-0.3, -0.25) is 24.0 Å². The van der Waals surface area contributed by atoms with Crippen LogP contribution in [0.2, 0.25) is 0 Å². The van der Waals surface area contributed by atoms with Gasteiger partial charge in [-0.1, -0.05) is 40.7 Å². The van der Waals surface area contributed by atoms with Crippen molar-refractivity contribution in [2.24, 2.45) is 11.8 Å². The highest BCUT2D eigenvalue weighted by molar-refractivity contribution is 7.09. The number of hydrogen-bond donors (Lipinski definition) is 2. The number of thiophene rings is 1. The van der Waals surface area contributed by atoms with E-state index in [0.29, 0.717) is 26.2 Å². The predicted octanol–water partition coefficient (Wildman–Crippen LogP) is 2.35. The van der Waals surface area contributed by atoms with Crippen LogP contribution in [-0.2, 0) is 17.9 Å². The number of carbonyl (C=O) groups excluding carboxylic acids is 1. The third-order valence-electron chi connectivity index (χ3n) is 4.65. The van der Waals surface area contributed by atoms with E-state index in [0.717, 1.165) is 0 Å². The summed E-state index contributed by atoms with van der Waals surface area (Å²) in [6.07, 6.45) is 0. The average molecular weight is 436 g/mol. The number of nitrogens with two attached hydrogens (primary N) is 1. The van der Waals surface area contributed by atoms with E-state index >= 15 is 0 Å². The zero-order chi connectivity index (χ0) is 22.4. The molecule has 166 valence electrons. The van der Waals surface area contributed by atoms with Crippen LogP contribution in [0.1, 0.15) is 39.5 Å². The van der Waals surface area contributed by atoms with Crippen molar-refractivity contribution in [2.75, 3.05) is 30.3 Å². The fourth-order valence-corrected chi connectivity index (χ4v) is 3.99. The maximum absolute atomic E-state index is 13.3. The number of nitrogens with zero attached hydrogens (tertiary/aromatic N) is 3. The maximum atomic E-state index is 13.3. The summed E-state index contributed by atoms with van der Waals surface area (Å²) in [4.78, 5) is 45.2. The van der Waals surface area contributed by atoms with Gasteiger partial charge < -0.3 is 10.6 Å². The van der Waals surface area contributed by atoms with Gasteiger partial charge in [0.25, 0.3) is 5.56 Å². The standard InChI is InChI=1S/C21H33N5O3S/c1-6-24(12-16-8-7-9-30-16)13-17(27)25(10-14(2)3)18-19(22)26(11-15(4)5)21(29)23-20(18)28/h7-9,14-15H,6,10-13,22H2,1-5H3,(H,23,28,29). The van der Waals surface area contributed by atoms with Gasteiger partial charge in [-0.05, 0) is 29.8 Å². The third-order valence-corrected chi connectivity index (χ3v) is 5.51. The zero-order valence-corrected chi connectivity index (χ0v) is 19.3. The van der Waals surface area contributed by atoms with Gasteiger partial charge in [0.15, 0.2) is 5.69 Å². The predicted molar refractivity (Wildman–Crippen MR) is 123 cm³/mol. The highest BCUT2D eigenvalue weighted by Gasteiger charge is 2.26. The molecule has 0 radical (unpaired) electrons. The van der Waals surface area contributed by atoms with Crippen molar-refractivity contribution in [3.8, 4) is 0 Å². The second kappa shape index (κ2) is 10.6. The molecule has 0 saturated carbocycles. The number of nitrogen functional groups attached to an aromatic ring is 1. The lowest BCUT2D eigenvalue weighted by Gasteiger charge is -2.29. The summed E-state index contributed by atoms with van der Waals surface area (Å²) < 4.78 is 1.34. The van der Waals surface area contributed by atoms with Gasteiger partial charge in [0.1, 0.15) is 5.82 Å². The molecule has 0 saturated heterocycles. The molecule has 0 bridgehead atoms. The highest BCUT2D eigenvalue weighted by atomic mass is 32.1. The van der Waals surface area contributed by atoms with Crippen LogP contribution >= 0.6 is 11.3 Å². The van der Waals surface area contributed by atoms with E-state index in [-0.39, 0.29) is 35.8 Å². The Labute approximate surface area is 181 Å². The van der Waals surface area contributed by atoms with Gasteiger partial charge in [-0.15, -0.1) is 11.3 Å². The number of H-pyrrole nitrogens is 1. The van der Waals surface area contributed by atoms with Gasteiger partial charge in [0.05, 0.1) is 6.54 Å². The molecule has 8 nitrogen and oxygen atoms in total. The van der Waals surface area contributed by atoms with Gasteiger partial charge in [0, 0.05) is 24.5 Å². The lowest BCUT2D eigenvalue weighted by atomic mass is 10.2. The number of amides is 1. The number of nitrogens with one attached hydrogen (secondary N) is 1. The van der Waals surface area contributed by atoms with Crippen LogP contribution < -0.4 is 21.9 Å². The molecule has 0 atom stereocenters. The first kappa shape index (κ1) is 23.9. The van der Waals surface area contributed by atoms with Crippen LogP contribution in [0.25, 0.3) is 0 Å². The number of hydrogen-bond acceptors (Lipinski definition) is 6. The van der Waals surface area contributed by atoms with Crippen molar-refractivity contribution in [1.82, 2.24) is 14.5 Å². The number of aromatic nitrogens is 2. The minimum absolute atomic E-state index is 0.0350. The lowest BCUT2D eigenvalue weighted by molar-refractivity contribution is -0.120. The Morgan fingerprint density at radius 3 is 2.47 bits per heavy atom. The Morgan fingerprint density at radius 1 is 1.23 bits per heavy atom. The van der Waals surface area contributed by atoms with E-state index in [1.165, 1.54) is 14.3 Å². The van der Waals surface area contributed by atoms with E-state index in [4.69, 9.17) is 5.73 Å². The van der Waals surface area contributed by atoms with E-state index in [1.54, 1.807) is 11.3 Å². The van der Waals surface area contributed by atoms with E-state index in [2.05, 4.69) is 4.98 Å². The normalized spacial score (nSPS) is 11.6. The summed E-state index contributed by atoms with van der Waals surface area (Å²) in [5, 5.41) is 2.01. The molecule has 30 heavy (non-hydrogen) atoms. The van der Waals surface area contributed by atoms with E-state index in [1.807, 2.05) is 57.0 Å². The minimum atomic E-state index is -0.632. The molecule has 2 rings (SSSR count). The monoisotopic (exact) mass is 435 g/mol. The van der Waals surface area contributed by atoms with Crippen LogP contribution in [0.3, 0.4) is 0 Å². The van der Waals surface area contributed by atoms with Gasteiger partial charge in [-0.2, -0.15) is 0 Å². The van der Waals surface area contributed by atoms with E-state index in [9.17, 15) is 14.4 Å². The summed E-state index contributed by atoms with van der Waals surface area (Å²) in [5.41, 5.74) is 5.13. The minimum Gasteiger partial charge on any atom is -0.383 e. The summed E-state index contributed by atoms with van der Waals surface area (Å²) in [7, 11) is 0. The lowest BCUT2D eigenvalue weighted by Crippen LogP contribution is -2.46. The first-order valence-corrected chi connectivity index (χ1v) is 11.2. The number of aromatic amines is 1. The molecular formula is C21H33N5O3S. The molecule has 3 N–H and O–H groups in total. The van der Waals surface area contributed by atoms with Crippen LogP contribution in [-0.4, -0.2) is 40.0 Å². The largest absolute Gasteiger partial charge is 0.383 e. The Hall–Kier alpha value is -2.39. The number of likely N-dealkylation sites (N-methyl/N-ethyl adjacent to an activating group) is 1. The molecule has 0 aliphatic carbocycles. The van der Waals surface area contributed by atoms with Crippen molar-refractivity contribution in [1.29, 1.82) is 0 Å². The second-order valence-electron chi connectivity index (χ2n) is 8.28. The molecule has 2 aromatic rings. The molecular weight excluding hydrogens is 402 g/mol. The first-order chi connectivity index (χ1) is 14.1. The van der Waals surface area contributed by atoms with Gasteiger partial charge in [0.2, 0.25) is 5.91 Å². The Kier molecular flexibility index (Phi) is 8.43. The summed E-state index contributed by atoms with van der Waals surface area (Å²) in [6, 6.07) is 4.02. The van der Waals surface area contributed by atoms with Gasteiger partial charge in [-0.25, -0.2) is 4.79 Å². The smallest absolute Gasteiger partial charge is 0.330 e. The molecule has 2 heterocycles. The highest BCUT2D eigenvalue weighted by Crippen LogP contribution is 2.20. The van der Waals surface area contributed by atoms with Crippen molar-refractivity contribution in [3.63, 3.8) is 0 Å². The van der Waals surface area contributed by atoms with Crippen molar-refractivity contribution in [2.45, 2.75) is 47.7 Å². The number of carbonyl (C=O) groups is 1. The Morgan fingerprint density at radius 2 is 1.93 bits per heavy atom. The fourth-order valence-electron chi connectivity index (χ4n) is 3.25. The fraction of sp³-hybridized carbons (Fsp3) is 0.571. The quantitative estimate of drug-likeness (QED) is 0.596. The van der Waals surface area contributed by atoms with Crippen LogP contribution in [0.4, 0.5) is 11.5 Å². The maximum Gasteiger partial charge on any atom is 0.330 e. The van der Waals surface area contributed by atoms with Crippen LogP contribution in [0.15, 0.2) is 27.1 Å². The Balaban J connectivity index is 2.40. The summed E-state index contributed by atoms with van der Waals surface area (Å²) >= 11 is 1.64. The molecule has 0 aliphatic rings. The zero-order valence-electron chi connectivity index (χ0n) is 18.5. The van der Waals surface area contributed by atoms with Crippen LogP contribution in [0, 0.1) is 11.8 Å². The molecule has 0 spiro atoms. The summed E-state index contributed by atoms with van der Waals surface area (Å²) in [5.74, 6) is 0.0896. The van der Waals surface area contributed by atoms with Crippen molar-refractivity contribution < 1.29 is 4.79 Å². The molecule has 9 heteroatoms. The van der Waals surface area contributed by atoms with Crippen molar-refractivity contribution >= 4 is 28.7 Å². The SMILES string of the molecule is CCN(CC(=O)N(CC(C)C)c1c(N)n(CC(C)C)c(=O)[nH]c1=O)Cc1cccs1. The average Bonchev–Trinajstić information content (AvgIpc) is 3.16. The number of anilines is 2. The molecule has 0 fully saturated rings.